The summed E-state index contributed by atoms with van der Waals surface area (Å²) in [6.45, 7) is 0. The summed E-state index contributed by atoms with van der Waals surface area (Å²) in [5, 5.41) is 1.43. The van der Waals surface area contributed by atoms with Crippen LogP contribution in [0, 0.1) is 5.82 Å². The van der Waals surface area contributed by atoms with Crippen molar-refractivity contribution in [2.24, 2.45) is 5.84 Å². The Morgan fingerprint density at radius 3 is 2.69 bits per heavy atom. The zero-order chi connectivity index (χ0) is 11.9. The molecule has 2 N–H and O–H groups in total. The number of nitrogens with two attached hydrogens (primary N) is 1. The Morgan fingerprint density at radius 1 is 1.56 bits per heavy atom. The van der Waals surface area contributed by atoms with Crippen molar-refractivity contribution in [3.8, 4) is 0 Å². The summed E-state index contributed by atoms with van der Waals surface area (Å²) in [5.74, 6) is 4.74. The number of rotatable bonds is 2. The van der Waals surface area contributed by atoms with E-state index in [0.717, 1.165) is 5.01 Å². The van der Waals surface area contributed by atoms with Gasteiger partial charge in [-0.2, -0.15) is 0 Å². The summed E-state index contributed by atoms with van der Waals surface area (Å²) in [6.07, 6.45) is 1.23. The van der Waals surface area contributed by atoms with Crippen molar-refractivity contribution in [2.75, 3.05) is 7.05 Å². The molecule has 0 spiro atoms. The number of carbonyl (C=O) groups excluding carboxylic acids is 1. The number of halogens is 2. The number of likely N-dealkylation sites (N-methyl/N-ethyl adjacent to an activating group) is 1. The molecule has 1 aliphatic carbocycles. The second-order valence-corrected chi connectivity index (χ2v) is 4.56. The van der Waals surface area contributed by atoms with Crippen molar-refractivity contribution < 1.29 is 9.18 Å². The molecule has 3 nitrogen and oxygen atoms in total. The maximum atomic E-state index is 13.7. The minimum Gasteiger partial charge on any atom is -0.283 e. The Hall–Kier alpha value is -1.13. The van der Waals surface area contributed by atoms with E-state index in [1.54, 1.807) is 0 Å². The molecule has 1 amide bonds. The fraction of sp³-hybridized carbons (Fsp3) is 0.364. The van der Waals surface area contributed by atoms with Gasteiger partial charge in [-0.3, -0.25) is 9.80 Å². The first-order valence-corrected chi connectivity index (χ1v) is 5.33. The lowest BCUT2D eigenvalue weighted by Gasteiger charge is -2.20. The van der Waals surface area contributed by atoms with Crippen molar-refractivity contribution in [3.05, 3.63) is 34.6 Å². The third-order valence-electron chi connectivity index (χ3n) is 2.92. The van der Waals surface area contributed by atoms with E-state index in [4.69, 9.17) is 17.4 Å². The van der Waals surface area contributed by atoms with Gasteiger partial charge in [-0.1, -0.05) is 11.6 Å². The van der Waals surface area contributed by atoms with Gasteiger partial charge in [-0.15, -0.1) is 0 Å². The van der Waals surface area contributed by atoms with Gasteiger partial charge in [0, 0.05) is 17.6 Å². The van der Waals surface area contributed by atoms with Crippen molar-refractivity contribution >= 4 is 17.5 Å². The lowest BCUT2D eigenvalue weighted by atomic mass is 9.94. The van der Waals surface area contributed by atoms with E-state index in [1.807, 2.05) is 0 Å². The van der Waals surface area contributed by atoms with Gasteiger partial charge in [-0.25, -0.2) is 10.2 Å². The molecular formula is C11H12ClFN2O. The van der Waals surface area contributed by atoms with Crippen LogP contribution >= 0.6 is 11.6 Å². The summed E-state index contributed by atoms with van der Waals surface area (Å²) < 4.78 is 13.7. The summed E-state index contributed by atoms with van der Waals surface area (Å²) >= 11 is 5.81. The van der Waals surface area contributed by atoms with Crippen LogP contribution in [0.3, 0.4) is 0 Å². The second kappa shape index (κ2) is 3.71. The monoisotopic (exact) mass is 242 g/mol. The van der Waals surface area contributed by atoms with Crippen molar-refractivity contribution in [3.63, 3.8) is 0 Å². The molecule has 1 aliphatic rings. The van der Waals surface area contributed by atoms with Gasteiger partial charge in [0.1, 0.15) is 5.82 Å². The van der Waals surface area contributed by atoms with Gasteiger partial charge >= 0.3 is 0 Å². The van der Waals surface area contributed by atoms with E-state index in [-0.39, 0.29) is 5.91 Å². The summed E-state index contributed by atoms with van der Waals surface area (Å²) in [5.41, 5.74) is -0.444. The SMILES string of the molecule is CN(N)C(=O)C1(c2cc(Cl)ccc2F)CC1. The minimum atomic E-state index is -0.793. The highest BCUT2D eigenvalue weighted by Gasteiger charge is 2.53. The summed E-state index contributed by atoms with van der Waals surface area (Å²) in [7, 11) is 1.46. The zero-order valence-electron chi connectivity index (χ0n) is 8.84. The van der Waals surface area contributed by atoms with Crippen LogP contribution in [-0.2, 0) is 10.2 Å². The minimum absolute atomic E-state index is 0.270. The van der Waals surface area contributed by atoms with E-state index in [1.165, 1.54) is 25.2 Å². The smallest absolute Gasteiger partial charge is 0.246 e. The Kier molecular flexibility index (Phi) is 2.64. The number of nitrogens with zero attached hydrogens (tertiary/aromatic N) is 1. The molecule has 2 rings (SSSR count). The van der Waals surface area contributed by atoms with Gasteiger partial charge in [0.15, 0.2) is 0 Å². The molecule has 0 heterocycles. The van der Waals surface area contributed by atoms with E-state index >= 15 is 0 Å². The number of carbonyl (C=O) groups is 1. The van der Waals surface area contributed by atoms with Crippen LogP contribution in [0.5, 0.6) is 0 Å². The Balaban J connectivity index is 2.44. The van der Waals surface area contributed by atoms with Gasteiger partial charge in [0.2, 0.25) is 5.91 Å². The average Bonchev–Trinajstić information content (AvgIpc) is 3.01. The van der Waals surface area contributed by atoms with Crippen LogP contribution < -0.4 is 5.84 Å². The number of amides is 1. The number of hydrogen-bond donors (Lipinski definition) is 1. The molecular weight excluding hydrogens is 231 g/mol. The average molecular weight is 243 g/mol. The first-order valence-electron chi connectivity index (χ1n) is 4.96. The van der Waals surface area contributed by atoms with Gasteiger partial charge < -0.3 is 0 Å². The largest absolute Gasteiger partial charge is 0.283 e. The molecule has 0 unspecified atom stereocenters. The van der Waals surface area contributed by atoms with Crippen LogP contribution in [0.2, 0.25) is 5.02 Å². The van der Waals surface area contributed by atoms with Crippen LogP contribution in [0.15, 0.2) is 18.2 Å². The van der Waals surface area contributed by atoms with Crippen molar-refractivity contribution in [1.82, 2.24) is 5.01 Å². The van der Waals surface area contributed by atoms with Crippen LogP contribution in [0.1, 0.15) is 18.4 Å². The van der Waals surface area contributed by atoms with E-state index in [0.29, 0.717) is 23.4 Å². The van der Waals surface area contributed by atoms with Gasteiger partial charge in [0.25, 0.3) is 0 Å². The van der Waals surface area contributed by atoms with Crippen molar-refractivity contribution in [2.45, 2.75) is 18.3 Å². The fourth-order valence-electron chi connectivity index (χ4n) is 1.93. The number of hydrogen-bond acceptors (Lipinski definition) is 2. The van der Waals surface area contributed by atoms with Crippen LogP contribution in [0.4, 0.5) is 4.39 Å². The third-order valence-corrected chi connectivity index (χ3v) is 3.16. The molecule has 0 bridgehead atoms. The molecule has 86 valence electrons. The first-order chi connectivity index (χ1) is 7.47. The highest BCUT2D eigenvalue weighted by atomic mass is 35.5. The lowest BCUT2D eigenvalue weighted by Crippen LogP contribution is -2.41. The molecule has 1 fully saturated rings. The third kappa shape index (κ3) is 1.68. The number of benzene rings is 1. The fourth-order valence-corrected chi connectivity index (χ4v) is 2.10. The highest BCUT2D eigenvalue weighted by Crippen LogP contribution is 2.50. The summed E-state index contributed by atoms with van der Waals surface area (Å²) in [4.78, 5) is 11.9. The van der Waals surface area contributed by atoms with Crippen molar-refractivity contribution in [1.29, 1.82) is 0 Å². The summed E-state index contributed by atoms with van der Waals surface area (Å²) in [6, 6.07) is 4.25. The maximum absolute atomic E-state index is 13.7. The number of hydrazine groups is 1. The maximum Gasteiger partial charge on any atom is 0.246 e. The molecule has 0 radical (unpaired) electrons. The molecule has 1 saturated carbocycles. The molecule has 0 atom stereocenters. The quantitative estimate of drug-likeness (QED) is 0.489. The highest BCUT2D eigenvalue weighted by molar-refractivity contribution is 6.30. The van der Waals surface area contributed by atoms with Crippen LogP contribution in [0.25, 0.3) is 0 Å². The molecule has 16 heavy (non-hydrogen) atoms. The second-order valence-electron chi connectivity index (χ2n) is 4.12. The standard InChI is InChI=1S/C11H12ClFN2O/c1-15(14)10(16)11(4-5-11)8-6-7(12)2-3-9(8)13/h2-3,6H,4-5,14H2,1H3. The molecule has 0 saturated heterocycles. The van der Waals surface area contributed by atoms with Gasteiger partial charge in [-0.05, 0) is 31.0 Å². The topological polar surface area (TPSA) is 46.3 Å². The predicted octanol–water partition coefficient (Wildman–Crippen LogP) is 1.84. The first kappa shape index (κ1) is 11.4. The molecule has 0 aliphatic heterocycles. The van der Waals surface area contributed by atoms with E-state index in [2.05, 4.69) is 0 Å². The van der Waals surface area contributed by atoms with Crippen LogP contribution in [-0.4, -0.2) is 18.0 Å². The molecule has 5 heteroatoms. The zero-order valence-corrected chi connectivity index (χ0v) is 9.59. The molecule has 0 aromatic heterocycles. The predicted molar refractivity (Wildman–Crippen MR) is 59.3 cm³/mol. The van der Waals surface area contributed by atoms with E-state index < -0.39 is 11.2 Å². The van der Waals surface area contributed by atoms with E-state index in [9.17, 15) is 9.18 Å². The molecule has 1 aromatic rings. The van der Waals surface area contributed by atoms with Gasteiger partial charge in [0.05, 0.1) is 5.41 Å². The Bertz CT molecular complexity index is 444. The Labute approximate surface area is 98.0 Å². The Morgan fingerprint density at radius 2 is 2.19 bits per heavy atom. The molecule has 1 aromatic carbocycles. The lowest BCUT2D eigenvalue weighted by molar-refractivity contribution is -0.132. The normalized spacial score (nSPS) is 17.0.